The van der Waals surface area contributed by atoms with Crippen LogP contribution in [0.15, 0.2) is 47.0 Å². The molecule has 0 spiro atoms. The van der Waals surface area contributed by atoms with Crippen LogP contribution in [-0.4, -0.2) is 35.0 Å². The van der Waals surface area contributed by atoms with Gasteiger partial charge >= 0.3 is 6.01 Å². The summed E-state index contributed by atoms with van der Waals surface area (Å²) in [5, 5.41) is 7.97. The van der Waals surface area contributed by atoms with Crippen molar-refractivity contribution in [2.75, 3.05) is 19.4 Å². The molecule has 3 aromatic rings. The maximum absolute atomic E-state index is 11.9. The summed E-state index contributed by atoms with van der Waals surface area (Å²) >= 11 is 12.0. The third kappa shape index (κ3) is 4.33. The molecule has 0 fully saturated rings. The van der Waals surface area contributed by atoms with E-state index in [0.29, 0.717) is 33.5 Å². The summed E-state index contributed by atoms with van der Waals surface area (Å²) in [5.74, 6) is 0.357. The van der Waals surface area contributed by atoms with Crippen LogP contribution in [-0.2, 0) is 6.54 Å². The number of hydrogen-bond donors (Lipinski definition) is 1. The summed E-state index contributed by atoms with van der Waals surface area (Å²) in [6.07, 6.45) is 0. The number of rotatable bonds is 5. The SMILES string of the molecule is CN(C)C(=O)c1ccc(CNc2nc(-c3cc(Cl)cc(Cl)c3)no2)cc1. The molecular weight excluding hydrogens is 375 g/mol. The number of hydrogen-bond acceptors (Lipinski definition) is 5. The van der Waals surface area contributed by atoms with Gasteiger partial charge < -0.3 is 14.7 Å². The van der Waals surface area contributed by atoms with E-state index in [-0.39, 0.29) is 11.9 Å². The van der Waals surface area contributed by atoms with Gasteiger partial charge in [0.05, 0.1) is 0 Å². The molecule has 0 bridgehead atoms. The number of anilines is 1. The number of halogens is 2. The third-order valence-electron chi connectivity index (χ3n) is 3.60. The highest BCUT2D eigenvalue weighted by Crippen LogP contribution is 2.26. The molecule has 134 valence electrons. The smallest absolute Gasteiger partial charge is 0.322 e. The third-order valence-corrected chi connectivity index (χ3v) is 4.03. The van der Waals surface area contributed by atoms with Crippen molar-refractivity contribution in [1.29, 1.82) is 0 Å². The highest BCUT2D eigenvalue weighted by Gasteiger charge is 2.11. The lowest BCUT2D eigenvalue weighted by molar-refractivity contribution is 0.0827. The Balaban J connectivity index is 1.65. The van der Waals surface area contributed by atoms with E-state index in [1.54, 1.807) is 44.4 Å². The molecule has 0 saturated heterocycles. The van der Waals surface area contributed by atoms with E-state index >= 15 is 0 Å². The number of benzene rings is 2. The van der Waals surface area contributed by atoms with Gasteiger partial charge in [0, 0.05) is 41.8 Å². The minimum atomic E-state index is -0.0359. The van der Waals surface area contributed by atoms with Crippen molar-refractivity contribution < 1.29 is 9.32 Å². The van der Waals surface area contributed by atoms with Crippen LogP contribution in [0, 0.1) is 0 Å². The number of amides is 1. The normalized spacial score (nSPS) is 10.6. The molecule has 8 heteroatoms. The second-order valence-electron chi connectivity index (χ2n) is 5.83. The first-order valence-corrected chi connectivity index (χ1v) is 8.52. The number of carbonyl (C=O) groups excluding carboxylic acids is 1. The molecular formula is C18H16Cl2N4O2. The fraction of sp³-hybridized carbons (Fsp3) is 0.167. The van der Waals surface area contributed by atoms with Gasteiger partial charge in [0.2, 0.25) is 5.82 Å². The molecule has 1 amide bonds. The predicted octanol–water partition coefficient (Wildman–Crippen LogP) is 4.36. The highest BCUT2D eigenvalue weighted by atomic mass is 35.5. The van der Waals surface area contributed by atoms with E-state index in [1.165, 1.54) is 4.90 Å². The van der Waals surface area contributed by atoms with Crippen molar-refractivity contribution in [1.82, 2.24) is 15.0 Å². The molecule has 0 aliphatic heterocycles. The fourth-order valence-electron chi connectivity index (χ4n) is 2.30. The van der Waals surface area contributed by atoms with Gasteiger partial charge in [-0.3, -0.25) is 4.79 Å². The van der Waals surface area contributed by atoms with E-state index in [1.807, 2.05) is 12.1 Å². The van der Waals surface area contributed by atoms with Crippen LogP contribution in [0.1, 0.15) is 15.9 Å². The number of nitrogens with one attached hydrogen (secondary N) is 1. The van der Waals surface area contributed by atoms with E-state index in [4.69, 9.17) is 27.7 Å². The molecule has 2 aromatic carbocycles. The van der Waals surface area contributed by atoms with Gasteiger partial charge in [0.15, 0.2) is 0 Å². The van der Waals surface area contributed by atoms with E-state index in [9.17, 15) is 4.79 Å². The lowest BCUT2D eigenvalue weighted by Gasteiger charge is -2.10. The van der Waals surface area contributed by atoms with Crippen LogP contribution in [0.3, 0.4) is 0 Å². The average Bonchev–Trinajstić information content (AvgIpc) is 3.08. The summed E-state index contributed by atoms with van der Waals surface area (Å²) in [6, 6.07) is 12.7. The molecule has 1 heterocycles. The summed E-state index contributed by atoms with van der Waals surface area (Å²) in [6.45, 7) is 0.481. The first-order chi connectivity index (χ1) is 12.4. The zero-order chi connectivity index (χ0) is 18.7. The van der Waals surface area contributed by atoms with Gasteiger partial charge in [-0.2, -0.15) is 4.98 Å². The Morgan fingerprint density at radius 2 is 1.77 bits per heavy atom. The molecule has 1 N–H and O–H groups in total. The van der Waals surface area contributed by atoms with Crippen LogP contribution in [0.5, 0.6) is 0 Å². The maximum Gasteiger partial charge on any atom is 0.322 e. The first-order valence-electron chi connectivity index (χ1n) is 7.77. The summed E-state index contributed by atoms with van der Waals surface area (Å²) in [4.78, 5) is 17.7. The lowest BCUT2D eigenvalue weighted by Crippen LogP contribution is -2.21. The van der Waals surface area contributed by atoms with Crippen molar-refractivity contribution in [3.05, 3.63) is 63.6 Å². The first kappa shape index (κ1) is 18.2. The van der Waals surface area contributed by atoms with Crippen molar-refractivity contribution in [3.63, 3.8) is 0 Å². The zero-order valence-electron chi connectivity index (χ0n) is 14.2. The Morgan fingerprint density at radius 3 is 2.38 bits per heavy atom. The molecule has 3 rings (SSSR count). The summed E-state index contributed by atoms with van der Waals surface area (Å²) in [5.41, 5.74) is 2.29. The minimum absolute atomic E-state index is 0.0359. The molecule has 26 heavy (non-hydrogen) atoms. The second-order valence-corrected chi connectivity index (χ2v) is 6.70. The van der Waals surface area contributed by atoms with Gasteiger partial charge in [-0.1, -0.05) is 40.5 Å². The molecule has 6 nitrogen and oxygen atoms in total. The van der Waals surface area contributed by atoms with Gasteiger partial charge in [-0.25, -0.2) is 0 Å². The largest absolute Gasteiger partial charge is 0.345 e. The van der Waals surface area contributed by atoms with Crippen LogP contribution in [0.2, 0.25) is 10.0 Å². The van der Waals surface area contributed by atoms with Crippen LogP contribution in [0.4, 0.5) is 6.01 Å². The topological polar surface area (TPSA) is 71.3 Å². The lowest BCUT2D eigenvalue weighted by atomic mass is 10.1. The van der Waals surface area contributed by atoms with E-state index in [0.717, 1.165) is 5.56 Å². The Hall–Kier alpha value is -2.57. The number of carbonyl (C=O) groups is 1. The van der Waals surface area contributed by atoms with Crippen LogP contribution in [0.25, 0.3) is 11.4 Å². The molecule has 1 aromatic heterocycles. The second kappa shape index (κ2) is 7.76. The van der Waals surface area contributed by atoms with Crippen LogP contribution < -0.4 is 5.32 Å². The Morgan fingerprint density at radius 1 is 1.12 bits per heavy atom. The predicted molar refractivity (Wildman–Crippen MR) is 102 cm³/mol. The number of aromatic nitrogens is 2. The quantitative estimate of drug-likeness (QED) is 0.700. The monoisotopic (exact) mass is 390 g/mol. The van der Waals surface area contributed by atoms with Gasteiger partial charge in [-0.05, 0) is 35.9 Å². The zero-order valence-corrected chi connectivity index (χ0v) is 15.7. The molecule has 0 atom stereocenters. The summed E-state index contributed by atoms with van der Waals surface area (Å²) < 4.78 is 5.19. The highest BCUT2D eigenvalue weighted by molar-refractivity contribution is 6.35. The Kier molecular flexibility index (Phi) is 5.44. The molecule has 0 saturated carbocycles. The van der Waals surface area contributed by atoms with Gasteiger partial charge in [0.25, 0.3) is 5.91 Å². The van der Waals surface area contributed by atoms with Gasteiger partial charge in [-0.15, -0.1) is 0 Å². The fourth-order valence-corrected chi connectivity index (χ4v) is 2.82. The Labute approximate surface area is 160 Å². The molecule has 0 aliphatic rings. The summed E-state index contributed by atoms with van der Waals surface area (Å²) in [7, 11) is 3.44. The standard InChI is InChI=1S/C18H16Cl2N4O2/c1-24(2)17(25)12-5-3-11(4-6-12)10-21-18-22-16(23-26-18)13-7-14(19)9-15(20)8-13/h3-9H,10H2,1-2H3,(H,21,22,23). The Bertz CT molecular complexity index is 903. The molecule has 0 aliphatic carbocycles. The van der Waals surface area contributed by atoms with Crippen molar-refractivity contribution >= 4 is 35.1 Å². The van der Waals surface area contributed by atoms with Crippen molar-refractivity contribution in [2.45, 2.75) is 6.54 Å². The van der Waals surface area contributed by atoms with Gasteiger partial charge in [0.1, 0.15) is 0 Å². The average molecular weight is 391 g/mol. The maximum atomic E-state index is 11.9. The van der Waals surface area contributed by atoms with Crippen molar-refractivity contribution in [2.24, 2.45) is 0 Å². The van der Waals surface area contributed by atoms with E-state index < -0.39 is 0 Å². The van der Waals surface area contributed by atoms with E-state index in [2.05, 4.69) is 15.5 Å². The number of nitrogens with zero attached hydrogens (tertiary/aromatic N) is 3. The van der Waals surface area contributed by atoms with Crippen molar-refractivity contribution in [3.8, 4) is 11.4 Å². The molecule has 0 unspecified atom stereocenters. The minimum Gasteiger partial charge on any atom is -0.345 e. The molecule has 0 radical (unpaired) electrons. The van der Waals surface area contributed by atoms with Crippen LogP contribution >= 0.6 is 23.2 Å².